The van der Waals surface area contributed by atoms with Gasteiger partial charge in [-0.1, -0.05) is 30.3 Å². The van der Waals surface area contributed by atoms with Crippen LogP contribution in [0.25, 0.3) is 0 Å². The number of benzene rings is 3. The molecule has 1 saturated heterocycles. The van der Waals surface area contributed by atoms with Gasteiger partial charge in [0.2, 0.25) is 11.8 Å². The van der Waals surface area contributed by atoms with Gasteiger partial charge in [-0.25, -0.2) is 0 Å². The summed E-state index contributed by atoms with van der Waals surface area (Å²) in [5, 5.41) is 5.71. The molecular formula is C28H29N3O5. The lowest BCUT2D eigenvalue weighted by molar-refractivity contribution is -0.126. The van der Waals surface area contributed by atoms with Crippen molar-refractivity contribution in [3.05, 3.63) is 83.9 Å². The van der Waals surface area contributed by atoms with Crippen LogP contribution in [0.4, 0.5) is 11.4 Å². The van der Waals surface area contributed by atoms with Crippen LogP contribution in [-0.4, -0.2) is 38.0 Å². The summed E-state index contributed by atoms with van der Waals surface area (Å²) in [5.41, 5.74) is 3.47. The molecule has 8 nitrogen and oxygen atoms in total. The number of aryl methyl sites for hydroxylation is 1. The van der Waals surface area contributed by atoms with E-state index < -0.39 is 5.92 Å². The Labute approximate surface area is 210 Å². The first-order chi connectivity index (χ1) is 17.4. The second-order valence-corrected chi connectivity index (χ2v) is 8.61. The third-order valence-corrected chi connectivity index (χ3v) is 6.08. The number of nitrogens with zero attached hydrogens (tertiary/aromatic N) is 1. The number of nitrogens with one attached hydrogen (secondary N) is 2. The van der Waals surface area contributed by atoms with Crippen molar-refractivity contribution in [3.8, 4) is 11.5 Å². The summed E-state index contributed by atoms with van der Waals surface area (Å²) in [6.45, 7) is 2.60. The molecule has 36 heavy (non-hydrogen) atoms. The van der Waals surface area contributed by atoms with Crippen LogP contribution in [0.15, 0.2) is 72.8 Å². The fourth-order valence-corrected chi connectivity index (χ4v) is 4.04. The minimum atomic E-state index is -0.405. The van der Waals surface area contributed by atoms with E-state index in [4.69, 9.17) is 9.47 Å². The van der Waals surface area contributed by atoms with Crippen molar-refractivity contribution in [3.63, 3.8) is 0 Å². The van der Waals surface area contributed by atoms with E-state index >= 15 is 0 Å². The molecule has 0 aliphatic carbocycles. The molecule has 0 radical (unpaired) electrons. The summed E-state index contributed by atoms with van der Waals surface area (Å²) in [6.07, 6.45) is 0.169. The van der Waals surface area contributed by atoms with Crippen LogP contribution in [0.2, 0.25) is 0 Å². The van der Waals surface area contributed by atoms with Gasteiger partial charge in [-0.3, -0.25) is 14.4 Å². The Bertz CT molecular complexity index is 1240. The predicted octanol–water partition coefficient (Wildman–Crippen LogP) is 3.69. The lowest BCUT2D eigenvalue weighted by Crippen LogP contribution is -2.32. The summed E-state index contributed by atoms with van der Waals surface area (Å²) in [6, 6.07) is 21.8. The molecule has 0 saturated carbocycles. The first-order valence-electron chi connectivity index (χ1n) is 11.7. The van der Waals surface area contributed by atoms with Crippen molar-refractivity contribution in [1.82, 2.24) is 5.32 Å². The van der Waals surface area contributed by atoms with E-state index in [1.54, 1.807) is 60.5 Å². The molecule has 3 aromatic rings. The third kappa shape index (κ3) is 6.21. The molecular weight excluding hydrogens is 458 g/mol. The van der Waals surface area contributed by atoms with E-state index in [9.17, 15) is 14.4 Å². The quantitative estimate of drug-likeness (QED) is 0.480. The number of hydrogen-bond acceptors (Lipinski definition) is 5. The Morgan fingerprint density at radius 3 is 2.53 bits per heavy atom. The van der Waals surface area contributed by atoms with Crippen molar-refractivity contribution < 1.29 is 23.9 Å². The average molecular weight is 488 g/mol. The zero-order valence-electron chi connectivity index (χ0n) is 20.3. The van der Waals surface area contributed by atoms with Gasteiger partial charge in [0, 0.05) is 37.0 Å². The maximum Gasteiger partial charge on any atom is 0.262 e. The molecule has 1 aliphatic heterocycles. The molecule has 4 rings (SSSR count). The maximum absolute atomic E-state index is 12.7. The topological polar surface area (TPSA) is 97.0 Å². The van der Waals surface area contributed by atoms with Gasteiger partial charge < -0.3 is 25.0 Å². The highest BCUT2D eigenvalue weighted by Gasteiger charge is 2.35. The van der Waals surface area contributed by atoms with E-state index in [0.717, 1.165) is 11.1 Å². The van der Waals surface area contributed by atoms with Gasteiger partial charge in [-0.2, -0.15) is 0 Å². The number of hydrogen-bond donors (Lipinski definition) is 2. The van der Waals surface area contributed by atoms with E-state index in [-0.39, 0.29) is 30.7 Å². The molecule has 1 fully saturated rings. The first-order valence-corrected chi connectivity index (χ1v) is 11.7. The number of ether oxygens (including phenoxy) is 2. The minimum Gasteiger partial charge on any atom is -0.497 e. The predicted molar refractivity (Wildman–Crippen MR) is 137 cm³/mol. The molecule has 0 aromatic heterocycles. The third-order valence-electron chi connectivity index (χ3n) is 6.08. The number of anilines is 2. The second kappa shape index (κ2) is 11.4. The van der Waals surface area contributed by atoms with Crippen LogP contribution in [0.5, 0.6) is 11.5 Å². The minimum absolute atomic E-state index is 0.0997. The Morgan fingerprint density at radius 2 is 1.78 bits per heavy atom. The summed E-state index contributed by atoms with van der Waals surface area (Å²) < 4.78 is 10.7. The standard InChI is InChI=1S/C28H29N3O5/c1-19-6-3-4-7-20(19)16-29-28(34)21-14-27(33)31(17-21)23-10-12-24(13-11-23)36-18-26(32)30-22-8-5-9-25(15-22)35-2/h3-13,15,21H,14,16-18H2,1-2H3,(H,29,34)(H,30,32)/t21-/m1/s1. The number of methoxy groups -OCH3 is 1. The highest BCUT2D eigenvalue weighted by atomic mass is 16.5. The van der Waals surface area contributed by atoms with E-state index in [1.165, 1.54) is 0 Å². The molecule has 1 heterocycles. The van der Waals surface area contributed by atoms with Gasteiger partial charge in [0.15, 0.2) is 6.61 Å². The fraction of sp³-hybridized carbons (Fsp3) is 0.250. The van der Waals surface area contributed by atoms with E-state index in [0.29, 0.717) is 36.0 Å². The number of rotatable bonds is 9. The van der Waals surface area contributed by atoms with Crippen molar-refractivity contribution in [2.24, 2.45) is 5.92 Å². The second-order valence-electron chi connectivity index (χ2n) is 8.61. The molecule has 3 amide bonds. The Kier molecular flexibility index (Phi) is 7.85. The van der Waals surface area contributed by atoms with Gasteiger partial charge in [0.25, 0.3) is 5.91 Å². The highest BCUT2D eigenvalue weighted by Crippen LogP contribution is 2.27. The lowest BCUT2D eigenvalue weighted by atomic mass is 10.1. The van der Waals surface area contributed by atoms with Gasteiger partial charge in [-0.05, 0) is 54.4 Å². The molecule has 0 spiro atoms. The number of carbonyl (C=O) groups excluding carboxylic acids is 3. The van der Waals surface area contributed by atoms with Crippen molar-refractivity contribution in [1.29, 1.82) is 0 Å². The molecule has 2 N–H and O–H groups in total. The van der Waals surface area contributed by atoms with Crippen LogP contribution in [0, 0.1) is 12.8 Å². The van der Waals surface area contributed by atoms with Crippen LogP contribution in [0.1, 0.15) is 17.5 Å². The summed E-state index contributed by atoms with van der Waals surface area (Å²) in [5.74, 6) is 0.207. The largest absolute Gasteiger partial charge is 0.497 e. The number of amides is 3. The molecule has 186 valence electrons. The Morgan fingerprint density at radius 1 is 1.00 bits per heavy atom. The molecule has 1 atom stereocenters. The van der Waals surface area contributed by atoms with Gasteiger partial charge >= 0.3 is 0 Å². The zero-order chi connectivity index (χ0) is 25.5. The van der Waals surface area contributed by atoms with Crippen molar-refractivity contribution in [2.75, 3.05) is 30.5 Å². The lowest BCUT2D eigenvalue weighted by Gasteiger charge is -2.17. The van der Waals surface area contributed by atoms with Gasteiger partial charge in [0.05, 0.1) is 13.0 Å². The van der Waals surface area contributed by atoms with Crippen LogP contribution in [0.3, 0.4) is 0 Å². The molecule has 8 heteroatoms. The normalized spacial score (nSPS) is 14.9. The fourth-order valence-electron chi connectivity index (χ4n) is 4.04. The molecule has 1 aliphatic rings. The zero-order valence-corrected chi connectivity index (χ0v) is 20.3. The van der Waals surface area contributed by atoms with Gasteiger partial charge in [0.1, 0.15) is 11.5 Å². The van der Waals surface area contributed by atoms with Gasteiger partial charge in [-0.15, -0.1) is 0 Å². The van der Waals surface area contributed by atoms with Crippen LogP contribution in [-0.2, 0) is 20.9 Å². The van der Waals surface area contributed by atoms with Crippen LogP contribution >= 0.6 is 0 Å². The van der Waals surface area contributed by atoms with Crippen LogP contribution < -0.4 is 25.0 Å². The molecule has 0 bridgehead atoms. The highest BCUT2D eigenvalue weighted by molar-refractivity contribution is 6.00. The maximum atomic E-state index is 12.7. The smallest absolute Gasteiger partial charge is 0.262 e. The Balaban J connectivity index is 1.27. The Hall–Kier alpha value is -4.33. The SMILES string of the molecule is COc1cccc(NC(=O)COc2ccc(N3C[C@H](C(=O)NCc4ccccc4C)CC3=O)cc2)c1. The van der Waals surface area contributed by atoms with E-state index in [1.807, 2.05) is 31.2 Å². The molecule has 0 unspecified atom stereocenters. The first kappa shape index (κ1) is 24.8. The summed E-state index contributed by atoms with van der Waals surface area (Å²) in [7, 11) is 1.56. The van der Waals surface area contributed by atoms with Crippen molar-refractivity contribution in [2.45, 2.75) is 19.9 Å². The van der Waals surface area contributed by atoms with E-state index in [2.05, 4.69) is 10.6 Å². The molecule has 3 aromatic carbocycles. The summed E-state index contributed by atoms with van der Waals surface area (Å²) in [4.78, 5) is 39.1. The van der Waals surface area contributed by atoms with Crippen molar-refractivity contribution >= 4 is 29.1 Å². The summed E-state index contributed by atoms with van der Waals surface area (Å²) >= 11 is 0. The monoisotopic (exact) mass is 487 g/mol. The number of carbonyl (C=O) groups is 3. The average Bonchev–Trinajstić information content (AvgIpc) is 3.29.